The van der Waals surface area contributed by atoms with Crippen molar-refractivity contribution in [2.45, 2.75) is 39.5 Å². The maximum atomic E-state index is 11.3. The minimum atomic E-state index is -1.14. The van der Waals surface area contributed by atoms with Gasteiger partial charge in [-0.3, -0.25) is 19.2 Å². The molecule has 0 heterocycles. The van der Waals surface area contributed by atoms with Gasteiger partial charge in [0.1, 0.15) is 24.4 Å². The molecule has 0 aromatic heterocycles. The molecule has 0 saturated heterocycles. The summed E-state index contributed by atoms with van der Waals surface area (Å²) < 4.78 is 5.37. The highest BCUT2D eigenvalue weighted by atomic mass is 16.5. The first-order valence-corrected chi connectivity index (χ1v) is 6.75. The zero-order valence-corrected chi connectivity index (χ0v) is 12.3. The first-order chi connectivity index (χ1) is 9.70. The van der Waals surface area contributed by atoms with E-state index >= 15 is 0 Å². The summed E-state index contributed by atoms with van der Waals surface area (Å²) in [5.74, 6) is -3.17. The number of carboxylic acid groups (broad SMARTS) is 2. The lowest BCUT2D eigenvalue weighted by atomic mass is 10.0. The lowest BCUT2D eigenvalue weighted by Gasteiger charge is -2.14. The fourth-order valence-electron chi connectivity index (χ4n) is 1.85. The van der Waals surface area contributed by atoms with Crippen LogP contribution in [0.25, 0.3) is 0 Å². The summed E-state index contributed by atoms with van der Waals surface area (Å²) in [7, 11) is 0. The number of carbonyl (C=O) groups is 4. The molecule has 0 aliphatic rings. The second-order valence-corrected chi connectivity index (χ2v) is 5.37. The standard InChI is InChI=1S/C14H22O7/c1-9(3-11(15)5-13(17)18)7-21-8-10(2)4-12(16)6-14(19)20/h9-10H,3-8H2,1-2H3,(H,17,18)(H,19,20)/t9-,10+. The first-order valence-electron chi connectivity index (χ1n) is 6.75. The number of aliphatic carboxylic acids is 2. The molecule has 2 atom stereocenters. The Morgan fingerprint density at radius 3 is 1.43 bits per heavy atom. The molecule has 0 radical (unpaired) electrons. The summed E-state index contributed by atoms with van der Waals surface area (Å²) in [6, 6.07) is 0. The molecule has 0 unspecified atom stereocenters. The van der Waals surface area contributed by atoms with Crippen LogP contribution in [-0.2, 0) is 23.9 Å². The smallest absolute Gasteiger partial charge is 0.310 e. The van der Waals surface area contributed by atoms with Crippen molar-refractivity contribution in [2.75, 3.05) is 13.2 Å². The molecule has 0 amide bonds. The molecule has 0 spiro atoms. The molecule has 0 saturated carbocycles. The fourth-order valence-corrected chi connectivity index (χ4v) is 1.85. The van der Waals surface area contributed by atoms with E-state index in [1.54, 1.807) is 13.8 Å². The maximum absolute atomic E-state index is 11.3. The van der Waals surface area contributed by atoms with E-state index in [4.69, 9.17) is 14.9 Å². The summed E-state index contributed by atoms with van der Waals surface area (Å²) in [6.07, 6.45) is -0.688. The van der Waals surface area contributed by atoms with Gasteiger partial charge < -0.3 is 14.9 Å². The summed E-state index contributed by atoms with van der Waals surface area (Å²) in [4.78, 5) is 43.2. The lowest BCUT2D eigenvalue weighted by molar-refractivity contribution is -0.142. The minimum Gasteiger partial charge on any atom is -0.481 e. The first kappa shape index (κ1) is 19.2. The van der Waals surface area contributed by atoms with E-state index in [-0.39, 0.29) is 36.2 Å². The van der Waals surface area contributed by atoms with Crippen molar-refractivity contribution in [1.82, 2.24) is 0 Å². The summed E-state index contributed by atoms with van der Waals surface area (Å²) >= 11 is 0. The Labute approximate surface area is 123 Å². The van der Waals surface area contributed by atoms with Crippen LogP contribution in [0.2, 0.25) is 0 Å². The van der Waals surface area contributed by atoms with Crippen LogP contribution in [0.15, 0.2) is 0 Å². The molecule has 0 bridgehead atoms. The van der Waals surface area contributed by atoms with Gasteiger partial charge in [0.15, 0.2) is 0 Å². The van der Waals surface area contributed by atoms with E-state index in [1.807, 2.05) is 0 Å². The highest BCUT2D eigenvalue weighted by molar-refractivity contribution is 5.95. The number of carbonyl (C=O) groups excluding carboxylic acids is 2. The molecule has 0 aliphatic heterocycles. The van der Waals surface area contributed by atoms with Crippen molar-refractivity contribution in [3.63, 3.8) is 0 Å². The van der Waals surface area contributed by atoms with Crippen LogP contribution < -0.4 is 0 Å². The fraction of sp³-hybridized carbons (Fsp3) is 0.714. The number of hydrogen-bond acceptors (Lipinski definition) is 5. The monoisotopic (exact) mass is 302 g/mol. The van der Waals surface area contributed by atoms with Gasteiger partial charge in [-0.25, -0.2) is 0 Å². The minimum absolute atomic E-state index is 0.0984. The van der Waals surface area contributed by atoms with Crippen molar-refractivity contribution < 1.29 is 34.1 Å². The number of ketones is 2. The molecule has 120 valence electrons. The predicted molar refractivity (Wildman–Crippen MR) is 72.9 cm³/mol. The van der Waals surface area contributed by atoms with E-state index in [1.165, 1.54) is 0 Å². The molecule has 0 aromatic rings. The zero-order valence-electron chi connectivity index (χ0n) is 12.3. The molecule has 7 heteroatoms. The van der Waals surface area contributed by atoms with Gasteiger partial charge in [-0.05, 0) is 11.8 Å². The Hall–Kier alpha value is -1.76. The van der Waals surface area contributed by atoms with Crippen molar-refractivity contribution in [2.24, 2.45) is 11.8 Å². The topological polar surface area (TPSA) is 118 Å². The van der Waals surface area contributed by atoms with Crippen LogP contribution in [-0.4, -0.2) is 46.9 Å². The van der Waals surface area contributed by atoms with Gasteiger partial charge in [-0.15, -0.1) is 0 Å². The third kappa shape index (κ3) is 11.7. The molecule has 0 aromatic carbocycles. The molecular weight excluding hydrogens is 280 g/mol. The normalized spacial score (nSPS) is 13.4. The van der Waals surface area contributed by atoms with Crippen LogP contribution in [0.3, 0.4) is 0 Å². The van der Waals surface area contributed by atoms with Crippen LogP contribution in [0.5, 0.6) is 0 Å². The number of carboxylic acids is 2. The second kappa shape index (κ2) is 10.0. The van der Waals surface area contributed by atoms with Gasteiger partial charge in [0.05, 0.1) is 0 Å². The summed E-state index contributed by atoms with van der Waals surface area (Å²) in [6.45, 7) is 4.14. The number of Topliss-reactive ketones (excluding diaryl/α,β-unsaturated/α-hetero) is 2. The van der Waals surface area contributed by atoms with Gasteiger partial charge in [0.2, 0.25) is 0 Å². The van der Waals surface area contributed by atoms with Crippen molar-refractivity contribution in [1.29, 1.82) is 0 Å². The van der Waals surface area contributed by atoms with Gasteiger partial charge in [-0.1, -0.05) is 13.8 Å². The highest BCUT2D eigenvalue weighted by Gasteiger charge is 2.15. The number of hydrogen-bond donors (Lipinski definition) is 2. The van der Waals surface area contributed by atoms with E-state index in [2.05, 4.69) is 0 Å². The molecule has 0 fully saturated rings. The summed E-state index contributed by atoms with van der Waals surface area (Å²) in [5.41, 5.74) is 0. The Balaban J connectivity index is 3.82. The largest absolute Gasteiger partial charge is 0.481 e. The molecule has 2 N–H and O–H groups in total. The molecule has 0 rings (SSSR count). The van der Waals surface area contributed by atoms with Crippen molar-refractivity contribution in [3.8, 4) is 0 Å². The Morgan fingerprint density at radius 1 is 0.810 bits per heavy atom. The van der Waals surface area contributed by atoms with Crippen LogP contribution in [0.1, 0.15) is 39.5 Å². The van der Waals surface area contributed by atoms with Crippen molar-refractivity contribution >= 4 is 23.5 Å². The SMILES string of the molecule is C[C@H](COC[C@H](C)CC(=O)CC(=O)O)CC(=O)CC(=O)O. The van der Waals surface area contributed by atoms with Crippen LogP contribution in [0, 0.1) is 11.8 Å². The van der Waals surface area contributed by atoms with Gasteiger partial charge in [-0.2, -0.15) is 0 Å². The average molecular weight is 302 g/mol. The second-order valence-electron chi connectivity index (χ2n) is 5.37. The number of rotatable bonds is 12. The Morgan fingerprint density at radius 2 is 1.14 bits per heavy atom. The summed E-state index contributed by atoms with van der Waals surface area (Å²) in [5, 5.41) is 16.9. The predicted octanol–water partition coefficient (Wildman–Crippen LogP) is 1.14. The van der Waals surface area contributed by atoms with Gasteiger partial charge >= 0.3 is 11.9 Å². The van der Waals surface area contributed by atoms with Gasteiger partial charge in [0, 0.05) is 26.1 Å². The lowest BCUT2D eigenvalue weighted by Crippen LogP contribution is -2.18. The van der Waals surface area contributed by atoms with Crippen LogP contribution in [0.4, 0.5) is 0 Å². The quantitative estimate of drug-likeness (QED) is 0.519. The maximum Gasteiger partial charge on any atom is 0.310 e. The molecule has 21 heavy (non-hydrogen) atoms. The third-order valence-corrected chi connectivity index (χ3v) is 2.65. The van der Waals surface area contributed by atoms with Gasteiger partial charge in [0.25, 0.3) is 0 Å². The zero-order chi connectivity index (χ0) is 16.4. The van der Waals surface area contributed by atoms with E-state index < -0.39 is 24.8 Å². The van der Waals surface area contributed by atoms with E-state index in [0.717, 1.165) is 0 Å². The van der Waals surface area contributed by atoms with E-state index in [0.29, 0.717) is 13.2 Å². The highest BCUT2D eigenvalue weighted by Crippen LogP contribution is 2.09. The number of ether oxygens (including phenoxy) is 1. The van der Waals surface area contributed by atoms with E-state index in [9.17, 15) is 19.2 Å². The third-order valence-electron chi connectivity index (χ3n) is 2.65. The Kier molecular flexibility index (Phi) is 9.20. The average Bonchev–Trinajstić information content (AvgIpc) is 2.25. The van der Waals surface area contributed by atoms with Crippen LogP contribution >= 0.6 is 0 Å². The Bertz CT molecular complexity index is 353. The molecule has 0 aliphatic carbocycles. The van der Waals surface area contributed by atoms with Crippen molar-refractivity contribution in [3.05, 3.63) is 0 Å². The molecular formula is C14H22O7. The molecule has 7 nitrogen and oxygen atoms in total.